The summed E-state index contributed by atoms with van der Waals surface area (Å²) >= 11 is 0. The summed E-state index contributed by atoms with van der Waals surface area (Å²) in [6, 6.07) is 16.3. The lowest BCUT2D eigenvalue weighted by atomic mass is 9.65. The minimum Gasteiger partial charge on any atom is -0.460 e. The Balaban J connectivity index is 1.37. The van der Waals surface area contributed by atoms with Gasteiger partial charge < -0.3 is 18.7 Å². The number of aliphatic imine (C=N–C) groups is 1. The van der Waals surface area contributed by atoms with Gasteiger partial charge >= 0.3 is 12.8 Å². The van der Waals surface area contributed by atoms with E-state index in [4.69, 9.17) is 19.2 Å². The third-order valence-corrected chi connectivity index (χ3v) is 13.4. The van der Waals surface area contributed by atoms with Gasteiger partial charge in [-0.2, -0.15) is 8.42 Å². The molecule has 1 heterocycles. The summed E-state index contributed by atoms with van der Waals surface area (Å²) in [5.41, 5.74) is 12.3. The van der Waals surface area contributed by atoms with Crippen molar-refractivity contribution >= 4 is 66.5 Å². The molecule has 0 fully saturated rings. The topological polar surface area (TPSA) is 120 Å². The lowest BCUT2D eigenvalue weighted by Crippen LogP contribution is -2.25. The summed E-state index contributed by atoms with van der Waals surface area (Å²) in [4.78, 5) is 20.6. The van der Waals surface area contributed by atoms with Gasteiger partial charge in [-0.05, 0) is 140 Å². The predicted molar refractivity (Wildman–Crippen MR) is 282 cm³/mol. The highest BCUT2D eigenvalue weighted by Crippen LogP contribution is 2.41. The average molecular weight is 936 g/mol. The number of esters is 1. The second-order valence-corrected chi connectivity index (χ2v) is 19.3. The fourth-order valence-electron chi connectivity index (χ4n) is 9.30. The monoisotopic (exact) mass is 935 g/mol. The van der Waals surface area contributed by atoms with E-state index < -0.39 is 10.1 Å². The zero-order valence-corrected chi connectivity index (χ0v) is 42.2. The third kappa shape index (κ3) is 12.3. The van der Waals surface area contributed by atoms with E-state index in [9.17, 15) is 17.8 Å². The van der Waals surface area contributed by atoms with Crippen LogP contribution in [0.4, 0.5) is 0 Å². The molecule has 1 aliphatic carbocycles. The van der Waals surface area contributed by atoms with Crippen LogP contribution in [0.15, 0.2) is 94.7 Å². The van der Waals surface area contributed by atoms with Crippen molar-refractivity contribution in [1.82, 2.24) is 9.38 Å². The van der Waals surface area contributed by atoms with Gasteiger partial charge in [0, 0.05) is 40.9 Å². The minimum absolute atomic E-state index is 0.157. The van der Waals surface area contributed by atoms with E-state index in [0.717, 1.165) is 104 Å². The SMILES string of the molecule is C=C(C)/C(N=C(C)CCC)=C(\C1=CC=C(C#Cc2ccc3ccc4c(C(=O)OCCOCCOC)ccc5ccc2c3c54)CC1)c1c(C)c(CC)c(C)n1B(C)C#CCN(C)CCCS(=O)(=O)O. The molecule has 1 aromatic heterocycles. The molecule has 0 radical (unpaired) electrons. The predicted octanol–water partition coefficient (Wildman–Crippen LogP) is 10.9. The maximum atomic E-state index is 13.3. The van der Waals surface area contributed by atoms with Gasteiger partial charge in [0.15, 0.2) is 0 Å². The molecule has 68 heavy (non-hydrogen) atoms. The number of hydrogen-bond donors (Lipinski definition) is 1. The summed E-state index contributed by atoms with van der Waals surface area (Å²) in [7, 11) is -0.480. The molecule has 1 N–H and O–H groups in total. The van der Waals surface area contributed by atoms with Crippen molar-refractivity contribution in [2.24, 2.45) is 4.99 Å². The first-order valence-corrected chi connectivity index (χ1v) is 25.3. The maximum absolute atomic E-state index is 13.3. The molecule has 0 spiro atoms. The first-order valence-electron chi connectivity index (χ1n) is 23.7. The van der Waals surface area contributed by atoms with Crippen LogP contribution in [0.1, 0.15) is 98.2 Å². The van der Waals surface area contributed by atoms with E-state index >= 15 is 0 Å². The summed E-state index contributed by atoms with van der Waals surface area (Å²) in [5.74, 6) is 13.3. The molecule has 0 unspecified atom stereocenters. The van der Waals surface area contributed by atoms with Crippen molar-refractivity contribution in [2.75, 3.05) is 59.4 Å². The summed E-state index contributed by atoms with van der Waals surface area (Å²) < 4.78 is 50.2. The van der Waals surface area contributed by atoms with Crippen molar-refractivity contribution in [1.29, 1.82) is 0 Å². The molecule has 10 nitrogen and oxygen atoms in total. The summed E-state index contributed by atoms with van der Waals surface area (Å²) in [6.45, 7) is 21.7. The average Bonchev–Trinajstić information content (AvgIpc) is 3.55. The largest absolute Gasteiger partial charge is 0.460 e. The lowest BCUT2D eigenvalue weighted by molar-refractivity contribution is 0.0215. The molecule has 6 rings (SSSR count). The summed E-state index contributed by atoms with van der Waals surface area (Å²) in [5, 5.41) is 6.11. The molecule has 0 atom stereocenters. The number of methoxy groups -OCH3 is 1. The van der Waals surface area contributed by atoms with E-state index in [1.807, 2.05) is 37.1 Å². The number of nitrogens with zero attached hydrogens (tertiary/aromatic N) is 3. The van der Waals surface area contributed by atoms with Gasteiger partial charge in [0.25, 0.3) is 10.1 Å². The molecular formula is C56H66BN3O7S. The van der Waals surface area contributed by atoms with Crippen LogP contribution in [-0.2, 0) is 30.7 Å². The fourth-order valence-corrected chi connectivity index (χ4v) is 9.79. The highest BCUT2D eigenvalue weighted by atomic mass is 32.2. The van der Waals surface area contributed by atoms with Gasteiger partial charge in [-0.15, -0.1) is 5.82 Å². The normalized spacial score (nSPS) is 13.5. The Bertz CT molecular complexity index is 3060. The van der Waals surface area contributed by atoms with Crippen molar-refractivity contribution in [2.45, 2.75) is 86.9 Å². The van der Waals surface area contributed by atoms with Crippen molar-refractivity contribution in [3.8, 4) is 23.6 Å². The quantitative estimate of drug-likeness (QED) is 0.0120. The highest BCUT2D eigenvalue weighted by molar-refractivity contribution is 7.85. The number of benzene rings is 4. The Hall–Kier alpha value is -5.73. The molecule has 0 amide bonds. The Labute approximate surface area is 404 Å². The number of ether oxygens (including phenoxy) is 3. The molecule has 0 saturated heterocycles. The molecule has 0 saturated carbocycles. The molecule has 5 aromatic rings. The number of carbonyl (C=O) groups is 1. The first-order chi connectivity index (χ1) is 32.6. The first kappa shape index (κ1) is 51.7. The van der Waals surface area contributed by atoms with Crippen molar-refractivity contribution < 1.29 is 32.0 Å². The van der Waals surface area contributed by atoms with Gasteiger partial charge in [-0.3, -0.25) is 14.4 Å². The number of hydrogen-bond acceptors (Lipinski definition) is 8. The maximum Gasteiger partial charge on any atom is 0.343 e. The fraction of sp³-hybridized carbons (Fsp3) is 0.393. The molecule has 4 aromatic carbocycles. The van der Waals surface area contributed by atoms with Crippen LogP contribution in [0.25, 0.3) is 37.9 Å². The standard InChI is InChI=1S/C56H66BN3O7S/c1-11-15-39(5)58-54(38(3)4)53(55-40(6)47(12-2)41(7)60(55)57(8)30-13-31-59(9)32-14-37-68(62,63)64)46-20-17-42(18-21-46)16-19-43-22-23-44-25-28-49-50(56(61)67-36-35-66-34-33-65-10)29-26-45-24-27-48(43)51(44)52(45)49/h17,20,22-29H,3,11-12,14-15,18,21,31-37H2,1-2,4-10H3,(H,62,63,64)/b54-53-,58-39?. The minimum atomic E-state index is -4.00. The van der Waals surface area contributed by atoms with Crippen LogP contribution in [0, 0.1) is 37.4 Å². The van der Waals surface area contributed by atoms with Gasteiger partial charge in [-0.25, -0.2) is 4.79 Å². The van der Waals surface area contributed by atoms with Crippen LogP contribution in [0.3, 0.4) is 0 Å². The van der Waals surface area contributed by atoms with E-state index in [-0.39, 0.29) is 25.2 Å². The van der Waals surface area contributed by atoms with E-state index in [2.05, 4.69) is 119 Å². The van der Waals surface area contributed by atoms with Crippen LogP contribution in [-0.4, -0.2) is 100 Å². The van der Waals surface area contributed by atoms with E-state index in [1.54, 1.807) is 7.11 Å². The number of allylic oxidation sites excluding steroid dienone is 6. The van der Waals surface area contributed by atoms with Gasteiger partial charge in [0.05, 0.1) is 43.4 Å². The van der Waals surface area contributed by atoms with Gasteiger partial charge in [0.2, 0.25) is 0 Å². The molecule has 0 bridgehead atoms. The van der Waals surface area contributed by atoms with E-state index in [0.29, 0.717) is 44.9 Å². The van der Waals surface area contributed by atoms with Crippen LogP contribution in [0.5, 0.6) is 0 Å². The highest BCUT2D eigenvalue weighted by Gasteiger charge is 2.28. The molecule has 0 aliphatic heterocycles. The zero-order valence-electron chi connectivity index (χ0n) is 41.4. The van der Waals surface area contributed by atoms with Crippen LogP contribution >= 0.6 is 0 Å². The van der Waals surface area contributed by atoms with Gasteiger partial charge in [0.1, 0.15) is 6.61 Å². The number of aromatic nitrogens is 1. The van der Waals surface area contributed by atoms with Crippen LogP contribution < -0.4 is 0 Å². The summed E-state index contributed by atoms with van der Waals surface area (Å²) in [6.07, 6.45) is 8.92. The molecule has 12 heteroatoms. The smallest absolute Gasteiger partial charge is 0.343 e. The van der Waals surface area contributed by atoms with Gasteiger partial charge in [-0.1, -0.05) is 100.0 Å². The second kappa shape index (κ2) is 23.5. The Morgan fingerprint density at radius 1 is 0.941 bits per heavy atom. The van der Waals surface area contributed by atoms with Crippen molar-refractivity contribution in [3.63, 3.8) is 0 Å². The van der Waals surface area contributed by atoms with Crippen LogP contribution in [0.2, 0.25) is 6.82 Å². The Morgan fingerprint density at radius 2 is 1.63 bits per heavy atom. The third-order valence-electron chi connectivity index (χ3n) is 12.6. The number of rotatable bonds is 20. The zero-order chi connectivity index (χ0) is 49.1. The lowest BCUT2D eigenvalue weighted by Gasteiger charge is -2.23. The Morgan fingerprint density at radius 3 is 2.29 bits per heavy atom. The van der Waals surface area contributed by atoms with E-state index in [1.165, 1.54) is 22.4 Å². The molecule has 1 aliphatic rings. The van der Waals surface area contributed by atoms with Crippen molar-refractivity contribution in [3.05, 3.63) is 123 Å². The second-order valence-electron chi connectivity index (χ2n) is 17.8. The Kier molecular flexibility index (Phi) is 17.9. The molecule has 356 valence electrons. The number of carbonyl (C=O) groups excluding carboxylic acids is 1. The molecular weight excluding hydrogens is 870 g/mol.